The first-order valence-electron chi connectivity index (χ1n) is 5.06. The van der Waals surface area contributed by atoms with E-state index in [2.05, 4.69) is 0 Å². The van der Waals surface area contributed by atoms with Crippen molar-refractivity contribution in [2.45, 2.75) is 38.3 Å². The molecule has 0 aromatic rings. The lowest BCUT2D eigenvalue weighted by Gasteiger charge is -2.43. The van der Waals surface area contributed by atoms with E-state index >= 15 is 0 Å². The lowest BCUT2D eigenvalue weighted by atomic mass is 9.92. The molecule has 1 unspecified atom stereocenters. The molecule has 0 aromatic heterocycles. The molecule has 90 valence electrons. The molecule has 1 atom stereocenters. The van der Waals surface area contributed by atoms with Gasteiger partial charge >= 0.3 is 0 Å². The van der Waals surface area contributed by atoms with E-state index in [4.69, 9.17) is 0 Å². The molecule has 0 radical (unpaired) electrons. The topological polar surface area (TPSA) is 60.9 Å². The number of aliphatic hydroxyl groups is 1. The third kappa shape index (κ3) is 2.50. The maximum absolute atomic E-state index is 12.0. The summed E-state index contributed by atoms with van der Waals surface area (Å²) in [5, 5.41) is 9.53. The number of hydrogen-bond donors (Lipinski definition) is 1. The highest BCUT2D eigenvalue weighted by Gasteiger charge is 2.41. The Bertz CT molecular complexity index is 324. The number of rotatable bonds is 2. The van der Waals surface area contributed by atoms with Crippen LogP contribution in [-0.2, 0) is 10.2 Å². The van der Waals surface area contributed by atoms with Crippen LogP contribution in [-0.4, -0.2) is 54.4 Å². The van der Waals surface area contributed by atoms with Crippen LogP contribution >= 0.6 is 0 Å². The molecule has 1 saturated heterocycles. The van der Waals surface area contributed by atoms with E-state index in [9.17, 15) is 13.5 Å². The number of hydrogen-bond acceptors (Lipinski definition) is 3. The van der Waals surface area contributed by atoms with Gasteiger partial charge in [-0.3, -0.25) is 0 Å². The summed E-state index contributed by atoms with van der Waals surface area (Å²) in [6.07, 6.45) is 0.793. The summed E-state index contributed by atoms with van der Waals surface area (Å²) >= 11 is 0. The highest BCUT2D eigenvalue weighted by molar-refractivity contribution is 7.86. The van der Waals surface area contributed by atoms with Crippen molar-refractivity contribution >= 4 is 10.2 Å². The fraction of sp³-hybridized carbons (Fsp3) is 1.00. The summed E-state index contributed by atoms with van der Waals surface area (Å²) in [4.78, 5) is 0. The molecule has 0 aliphatic carbocycles. The minimum absolute atomic E-state index is 0.188. The van der Waals surface area contributed by atoms with Crippen LogP contribution in [0.1, 0.15) is 26.7 Å². The van der Waals surface area contributed by atoms with E-state index in [1.807, 2.05) is 13.8 Å². The Morgan fingerprint density at radius 1 is 1.40 bits per heavy atom. The highest BCUT2D eigenvalue weighted by Crippen LogP contribution is 2.30. The Balaban J connectivity index is 3.00. The first kappa shape index (κ1) is 12.9. The molecule has 6 heteroatoms. The van der Waals surface area contributed by atoms with Gasteiger partial charge in [0, 0.05) is 26.2 Å². The molecule has 1 rings (SSSR count). The average Bonchev–Trinajstić information content (AvgIpc) is 2.09. The standard InChI is InChI=1S/C9H20N2O3S/c1-9(2)6-5-8(12)7-11(9)15(13,14)10(3)4/h8,12H,5-7H2,1-4H3. The lowest BCUT2D eigenvalue weighted by molar-refractivity contribution is 0.0451. The van der Waals surface area contributed by atoms with Crippen LogP contribution in [0.15, 0.2) is 0 Å². The van der Waals surface area contributed by atoms with E-state index in [1.54, 1.807) is 0 Å². The predicted molar refractivity (Wildman–Crippen MR) is 58.6 cm³/mol. The quantitative estimate of drug-likeness (QED) is 0.736. The second-order valence-corrected chi connectivity index (χ2v) is 6.89. The van der Waals surface area contributed by atoms with Gasteiger partial charge in [0.25, 0.3) is 10.2 Å². The Hall–Kier alpha value is -0.170. The number of β-amino-alcohol motifs (C(OH)–C–C–N with tert-alkyl or cyclic N) is 1. The third-order valence-corrected chi connectivity index (χ3v) is 5.00. The summed E-state index contributed by atoms with van der Waals surface area (Å²) in [5.41, 5.74) is -0.414. The summed E-state index contributed by atoms with van der Waals surface area (Å²) in [7, 11) is -0.421. The van der Waals surface area contributed by atoms with Crippen LogP contribution < -0.4 is 0 Å². The summed E-state index contributed by atoms with van der Waals surface area (Å²) < 4.78 is 26.5. The molecule has 1 heterocycles. The van der Waals surface area contributed by atoms with Crippen molar-refractivity contribution in [2.24, 2.45) is 0 Å². The Labute approximate surface area is 91.9 Å². The molecule has 1 aliphatic heterocycles. The van der Waals surface area contributed by atoms with Crippen molar-refractivity contribution in [3.05, 3.63) is 0 Å². The molecule has 0 saturated carbocycles. The predicted octanol–water partition coefficient (Wildman–Crippen LogP) is 0.0281. The van der Waals surface area contributed by atoms with Gasteiger partial charge in [0.2, 0.25) is 0 Å². The molecular formula is C9H20N2O3S. The minimum Gasteiger partial charge on any atom is -0.392 e. The number of aliphatic hydroxyl groups excluding tert-OH is 1. The van der Waals surface area contributed by atoms with Gasteiger partial charge in [-0.15, -0.1) is 0 Å². The molecule has 0 spiro atoms. The Morgan fingerprint density at radius 2 is 1.93 bits per heavy atom. The van der Waals surface area contributed by atoms with Crippen molar-refractivity contribution in [3.63, 3.8) is 0 Å². The zero-order valence-electron chi connectivity index (χ0n) is 9.77. The fourth-order valence-corrected chi connectivity index (χ4v) is 3.25. The zero-order valence-corrected chi connectivity index (χ0v) is 10.6. The minimum atomic E-state index is -3.43. The normalized spacial score (nSPS) is 28.3. The SMILES string of the molecule is CN(C)S(=O)(=O)N1CC(O)CCC1(C)C. The van der Waals surface area contributed by atoms with Gasteiger partial charge in [0.05, 0.1) is 6.10 Å². The van der Waals surface area contributed by atoms with E-state index in [-0.39, 0.29) is 6.54 Å². The highest BCUT2D eigenvalue weighted by atomic mass is 32.2. The summed E-state index contributed by atoms with van der Waals surface area (Å²) in [5.74, 6) is 0. The largest absolute Gasteiger partial charge is 0.392 e. The van der Waals surface area contributed by atoms with Gasteiger partial charge in [-0.1, -0.05) is 0 Å². The molecule has 0 bridgehead atoms. The van der Waals surface area contributed by atoms with E-state index < -0.39 is 21.9 Å². The van der Waals surface area contributed by atoms with E-state index in [1.165, 1.54) is 22.7 Å². The van der Waals surface area contributed by atoms with Gasteiger partial charge in [-0.2, -0.15) is 17.0 Å². The molecule has 0 aromatic carbocycles. The Kier molecular flexibility index (Phi) is 3.45. The van der Waals surface area contributed by atoms with Crippen molar-refractivity contribution in [1.82, 2.24) is 8.61 Å². The van der Waals surface area contributed by atoms with Crippen molar-refractivity contribution in [3.8, 4) is 0 Å². The van der Waals surface area contributed by atoms with Crippen LogP contribution in [0.4, 0.5) is 0 Å². The van der Waals surface area contributed by atoms with Crippen LogP contribution in [0.5, 0.6) is 0 Å². The van der Waals surface area contributed by atoms with Crippen LogP contribution in [0.25, 0.3) is 0 Å². The molecule has 1 N–H and O–H groups in total. The molecular weight excluding hydrogens is 216 g/mol. The zero-order chi connectivity index (χ0) is 11.9. The lowest BCUT2D eigenvalue weighted by Crippen LogP contribution is -2.57. The summed E-state index contributed by atoms with van der Waals surface area (Å²) in [6.45, 7) is 3.97. The second-order valence-electron chi connectivity index (χ2n) is 4.83. The maximum Gasteiger partial charge on any atom is 0.282 e. The smallest absolute Gasteiger partial charge is 0.282 e. The molecule has 15 heavy (non-hydrogen) atoms. The van der Waals surface area contributed by atoms with Gasteiger partial charge in [-0.05, 0) is 26.7 Å². The summed E-state index contributed by atoms with van der Waals surface area (Å²) in [6, 6.07) is 0. The van der Waals surface area contributed by atoms with Crippen LogP contribution in [0.2, 0.25) is 0 Å². The van der Waals surface area contributed by atoms with Crippen LogP contribution in [0.3, 0.4) is 0 Å². The monoisotopic (exact) mass is 236 g/mol. The van der Waals surface area contributed by atoms with Gasteiger partial charge in [-0.25, -0.2) is 0 Å². The fourth-order valence-electron chi connectivity index (χ4n) is 1.78. The van der Waals surface area contributed by atoms with E-state index in [0.29, 0.717) is 12.8 Å². The average molecular weight is 236 g/mol. The van der Waals surface area contributed by atoms with Gasteiger partial charge < -0.3 is 5.11 Å². The first-order chi connectivity index (χ1) is 6.68. The van der Waals surface area contributed by atoms with Gasteiger partial charge in [0.15, 0.2) is 0 Å². The number of nitrogens with zero attached hydrogens (tertiary/aromatic N) is 2. The third-order valence-electron chi connectivity index (χ3n) is 2.88. The first-order valence-corrected chi connectivity index (χ1v) is 6.46. The molecule has 1 aliphatic rings. The van der Waals surface area contributed by atoms with Crippen molar-refractivity contribution in [2.75, 3.05) is 20.6 Å². The number of piperidine rings is 1. The van der Waals surface area contributed by atoms with Crippen molar-refractivity contribution in [1.29, 1.82) is 0 Å². The van der Waals surface area contributed by atoms with Gasteiger partial charge in [0.1, 0.15) is 0 Å². The van der Waals surface area contributed by atoms with E-state index in [0.717, 1.165) is 0 Å². The van der Waals surface area contributed by atoms with Crippen molar-refractivity contribution < 1.29 is 13.5 Å². The Morgan fingerprint density at radius 3 is 2.40 bits per heavy atom. The molecule has 1 fully saturated rings. The van der Waals surface area contributed by atoms with Crippen LogP contribution in [0, 0.1) is 0 Å². The molecule has 0 amide bonds. The molecule has 5 nitrogen and oxygen atoms in total. The maximum atomic E-state index is 12.0. The second kappa shape index (κ2) is 4.01.